The summed E-state index contributed by atoms with van der Waals surface area (Å²) >= 11 is 0. The van der Waals surface area contributed by atoms with Crippen molar-refractivity contribution in [2.24, 2.45) is 0 Å². The van der Waals surface area contributed by atoms with Gasteiger partial charge in [0.2, 0.25) is 5.91 Å². The minimum atomic E-state index is -0.887. The molecule has 6 heteroatoms. The number of rotatable bonds is 5. The van der Waals surface area contributed by atoms with Crippen LogP contribution in [0.5, 0.6) is 0 Å². The Morgan fingerprint density at radius 3 is 2.36 bits per heavy atom. The zero-order valence-corrected chi connectivity index (χ0v) is 15.2. The van der Waals surface area contributed by atoms with Gasteiger partial charge in [-0.25, -0.2) is 0 Å². The molecular formula is C19H25NO5. The average molecular weight is 347 g/mol. The van der Waals surface area contributed by atoms with E-state index in [-0.39, 0.29) is 25.3 Å². The molecule has 0 aliphatic carbocycles. The molecule has 1 saturated heterocycles. The third kappa shape index (κ3) is 4.38. The van der Waals surface area contributed by atoms with Crippen molar-refractivity contribution in [3.05, 3.63) is 35.9 Å². The Balaban J connectivity index is 2.37. The molecule has 0 radical (unpaired) electrons. The first-order valence-electron chi connectivity index (χ1n) is 8.32. The van der Waals surface area contributed by atoms with Gasteiger partial charge >= 0.3 is 11.9 Å². The molecule has 1 fully saturated rings. The third-order valence-corrected chi connectivity index (χ3v) is 4.25. The molecule has 0 saturated carbocycles. The van der Waals surface area contributed by atoms with Gasteiger partial charge < -0.3 is 14.4 Å². The van der Waals surface area contributed by atoms with Crippen LogP contribution in [0.2, 0.25) is 0 Å². The molecule has 0 aromatic heterocycles. The van der Waals surface area contributed by atoms with Gasteiger partial charge in [0.25, 0.3) is 0 Å². The van der Waals surface area contributed by atoms with Gasteiger partial charge in [0.1, 0.15) is 12.1 Å². The number of carbonyl (C=O) groups excluding carboxylic acids is 3. The lowest BCUT2D eigenvalue weighted by atomic mass is 9.84. The molecule has 0 spiro atoms. The minimum absolute atomic E-state index is 0.00203. The van der Waals surface area contributed by atoms with E-state index in [1.165, 1.54) is 12.0 Å². The molecule has 1 amide bonds. The Bertz CT molecular complexity index is 650. The fourth-order valence-electron chi connectivity index (χ4n) is 3.21. The van der Waals surface area contributed by atoms with Crippen LogP contribution in [0.25, 0.3) is 0 Å². The second-order valence-electron chi connectivity index (χ2n) is 7.22. The van der Waals surface area contributed by atoms with Crippen LogP contribution in [0.4, 0.5) is 0 Å². The van der Waals surface area contributed by atoms with Crippen LogP contribution in [0, 0.1) is 0 Å². The molecular weight excluding hydrogens is 322 g/mol. The number of hydrogen-bond donors (Lipinski definition) is 0. The number of hydrogen-bond acceptors (Lipinski definition) is 5. The summed E-state index contributed by atoms with van der Waals surface area (Å²) in [6.45, 7) is 5.13. The van der Waals surface area contributed by atoms with Crippen LogP contribution in [-0.4, -0.2) is 42.0 Å². The summed E-state index contributed by atoms with van der Waals surface area (Å²) in [7, 11) is 1.32. The lowest BCUT2D eigenvalue weighted by Gasteiger charge is -2.38. The highest BCUT2D eigenvalue weighted by Gasteiger charge is 2.49. The summed E-state index contributed by atoms with van der Waals surface area (Å²) in [5, 5.41) is 0. The number of nitrogens with zero attached hydrogens (tertiary/aromatic N) is 1. The monoisotopic (exact) mass is 347 g/mol. The van der Waals surface area contributed by atoms with E-state index in [0.29, 0.717) is 6.42 Å². The smallest absolute Gasteiger partial charge is 0.326 e. The molecule has 1 aromatic carbocycles. The van der Waals surface area contributed by atoms with E-state index >= 15 is 0 Å². The van der Waals surface area contributed by atoms with Crippen molar-refractivity contribution in [2.45, 2.75) is 51.2 Å². The number of methoxy groups -OCH3 is 1. The zero-order valence-electron chi connectivity index (χ0n) is 15.2. The SMILES string of the molecule is COC(=O)CC1(c2ccccc2)CCC(=O)N1CC(=O)OC(C)(C)C. The van der Waals surface area contributed by atoms with E-state index in [9.17, 15) is 14.4 Å². The highest BCUT2D eigenvalue weighted by Crippen LogP contribution is 2.42. The van der Waals surface area contributed by atoms with Crippen LogP contribution in [0.15, 0.2) is 30.3 Å². The predicted octanol–water partition coefficient (Wildman–Crippen LogP) is 2.41. The van der Waals surface area contributed by atoms with Crippen molar-refractivity contribution in [1.82, 2.24) is 4.90 Å². The molecule has 25 heavy (non-hydrogen) atoms. The Morgan fingerprint density at radius 1 is 1.16 bits per heavy atom. The van der Waals surface area contributed by atoms with Crippen LogP contribution < -0.4 is 0 Å². The minimum Gasteiger partial charge on any atom is -0.469 e. The lowest BCUT2D eigenvalue weighted by Crippen LogP contribution is -2.48. The number of esters is 2. The van der Waals surface area contributed by atoms with Crippen LogP contribution in [0.3, 0.4) is 0 Å². The Morgan fingerprint density at radius 2 is 1.80 bits per heavy atom. The maximum Gasteiger partial charge on any atom is 0.326 e. The maximum atomic E-state index is 12.5. The molecule has 1 atom stereocenters. The standard InChI is InChI=1S/C19H25NO5/c1-18(2,3)25-17(23)13-20-15(21)10-11-19(20,12-16(22)24-4)14-8-6-5-7-9-14/h5-9H,10-13H2,1-4H3. The van der Waals surface area contributed by atoms with Crippen LogP contribution >= 0.6 is 0 Å². The van der Waals surface area contributed by atoms with Gasteiger partial charge in [0.05, 0.1) is 19.1 Å². The van der Waals surface area contributed by atoms with E-state index < -0.39 is 23.1 Å². The molecule has 1 heterocycles. The number of likely N-dealkylation sites (tertiary alicyclic amines) is 1. The molecule has 1 aliphatic rings. The van der Waals surface area contributed by atoms with Gasteiger partial charge in [-0.2, -0.15) is 0 Å². The molecule has 1 aliphatic heterocycles. The fourth-order valence-corrected chi connectivity index (χ4v) is 3.21. The highest BCUT2D eigenvalue weighted by molar-refractivity contribution is 5.86. The number of carbonyl (C=O) groups is 3. The maximum absolute atomic E-state index is 12.5. The predicted molar refractivity (Wildman–Crippen MR) is 91.5 cm³/mol. The molecule has 6 nitrogen and oxygen atoms in total. The molecule has 2 rings (SSSR count). The largest absolute Gasteiger partial charge is 0.469 e. The Hall–Kier alpha value is -2.37. The third-order valence-electron chi connectivity index (χ3n) is 4.25. The van der Waals surface area contributed by atoms with E-state index in [1.807, 2.05) is 30.3 Å². The van der Waals surface area contributed by atoms with Crippen LogP contribution in [0.1, 0.15) is 45.6 Å². The quantitative estimate of drug-likeness (QED) is 0.765. The summed E-state index contributed by atoms with van der Waals surface area (Å²) in [6.07, 6.45) is 0.727. The highest BCUT2D eigenvalue weighted by atomic mass is 16.6. The Labute approximate surface area is 148 Å². The van der Waals surface area contributed by atoms with E-state index in [0.717, 1.165) is 5.56 Å². The summed E-state index contributed by atoms with van der Waals surface area (Å²) in [6, 6.07) is 9.29. The van der Waals surface area contributed by atoms with Crippen molar-refractivity contribution >= 4 is 17.8 Å². The molecule has 1 aromatic rings. The molecule has 0 bridgehead atoms. The van der Waals surface area contributed by atoms with Gasteiger partial charge in [0.15, 0.2) is 0 Å². The van der Waals surface area contributed by atoms with Crippen molar-refractivity contribution in [3.8, 4) is 0 Å². The van der Waals surface area contributed by atoms with Crippen LogP contribution in [-0.2, 0) is 29.4 Å². The van der Waals surface area contributed by atoms with E-state index in [4.69, 9.17) is 9.47 Å². The first-order chi connectivity index (χ1) is 11.7. The summed E-state index contributed by atoms with van der Waals surface area (Å²) in [5.74, 6) is -1.08. The van der Waals surface area contributed by atoms with Crippen molar-refractivity contribution in [3.63, 3.8) is 0 Å². The number of amides is 1. The Kier molecular flexibility index (Phi) is 5.50. The zero-order chi connectivity index (χ0) is 18.7. The second kappa shape index (κ2) is 7.25. The van der Waals surface area contributed by atoms with E-state index in [1.54, 1.807) is 20.8 Å². The van der Waals surface area contributed by atoms with E-state index in [2.05, 4.69) is 0 Å². The first-order valence-corrected chi connectivity index (χ1v) is 8.32. The van der Waals surface area contributed by atoms with Gasteiger partial charge in [-0.1, -0.05) is 30.3 Å². The topological polar surface area (TPSA) is 72.9 Å². The molecule has 0 N–H and O–H groups in total. The summed E-state index contributed by atoms with van der Waals surface area (Å²) < 4.78 is 10.2. The summed E-state index contributed by atoms with van der Waals surface area (Å²) in [4.78, 5) is 38.3. The molecule has 1 unspecified atom stereocenters. The fraction of sp³-hybridized carbons (Fsp3) is 0.526. The average Bonchev–Trinajstić information content (AvgIpc) is 2.84. The van der Waals surface area contributed by atoms with Crippen molar-refractivity contribution in [2.75, 3.05) is 13.7 Å². The van der Waals surface area contributed by atoms with Gasteiger partial charge in [-0.15, -0.1) is 0 Å². The van der Waals surface area contributed by atoms with Gasteiger partial charge in [-0.3, -0.25) is 14.4 Å². The van der Waals surface area contributed by atoms with Crippen molar-refractivity contribution in [1.29, 1.82) is 0 Å². The number of ether oxygens (including phenoxy) is 2. The lowest BCUT2D eigenvalue weighted by molar-refractivity contribution is -0.162. The normalized spacial score (nSPS) is 20.5. The van der Waals surface area contributed by atoms with Crippen molar-refractivity contribution < 1.29 is 23.9 Å². The second-order valence-corrected chi connectivity index (χ2v) is 7.22. The first kappa shape index (κ1) is 19.0. The molecule has 136 valence electrons. The summed E-state index contributed by atoms with van der Waals surface area (Å²) in [5.41, 5.74) is -0.713. The number of benzene rings is 1. The van der Waals surface area contributed by atoms with Gasteiger partial charge in [0, 0.05) is 6.42 Å². The van der Waals surface area contributed by atoms with Gasteiger partial charge in [-0.05, 0) is 32.8 Å².